The quantitative estimate of drug-likeness (QED) is 0.804. The SMILES string of the molecule is CC(C)(N)CN1CCSCC1.Cl.Cl. The van der Waals surface area contributed by atoms with Crippen LogP contribution in [-0.2, 0) is 0 Å². The monoisotopic (exact) mass is 246 g/mol. The first-order chi connectivity index (χ1) is 5.08. The molecule has 0 radical (unpaired) electrons. The van der Waals surface area contributed by atoms with E-state index in [1.54, 1.807) is 0 Å². The molecule has 13 heavy (non-hydrogen) atoms. The number of thioether (sulfide) groups is 1. The molecule has 1 aliphatic heterocycles. The predicted molar refractivity (Wildman–Crippen MR) is 66.5 cm³/mol. The second kappa shape index (κ2) is 7.18. The van der Waals surface area contributed by atoms with Crippen molar-refractivity contribution in [3.8, 4) is 0 Å². The molecule has 0 aromatic carbocycles. The smallest absolute Gasteiger partial charge is 0.0226 e. The molecule has 1 fully saturated rings. The predicted octanol–water partition coefficient (Wildman–Crippen LogP) is 1.62. The van der Waals surface area contributed by atoms with Gasteiger partial charge in [-0.15, -0.1) is 24.8 Å². The van der Waals surface area contributed by atoms with E-state index in [0.29, 0.717) is 0 Å². The fourth-order valence-electron chi connectivity index (χ4n) is 1.34. The van der Waals surface area contributed by atoms with E-state index in [-0.39, 0.29) is 30.4 Å². The average molecular weight is 247 g/mol. The Morgan fingerprint density at radius 3 is 2.08 bits per heavy atom. The molecule has 0 saturated carbocycles. The normalized spacial score (nSPS) is 18.7. The van der Waals surface area contributed by atoms with E-state index in [1.807, 2.05) is 11.8 Å². The number of hydrogen-bond acceptors (Lipinski definition) is 3. The average Bonchev–Trinajstić information content (AvgIpc) is 1.85. The Morgan fingerprint density at radius 2 is 1.69 bits per heavy atom. The molecule has 1 rings (SSSR count). The number of nitrogens with zero attached hydrogens (tertiary/aromatic N) is 1. The Bertz CT molecular complexity index is 122. The van der Waals surface area contributed by atoms with Crippen LogP contribution in [0.15, 0.2) is 0 Å². The van der Waals surface area contributed by atoms with Crippen molar-refractivity contribution < 1.29 is 0 Å². The number of halogens is 2. The van der Waals surface area contributed by atoms with Gasteiger partial charge in [0, 0.05) is 36.7 Å². The summed E-state index contributed by atoms with van der Waals surface area (Å²) in [6.07, 6.45) is 0. The molecule has 0 aromatic rings. The minimum absolute atomic E-state index is 0. The minimum Gasteiger partial charge on any atom is -0.324 e. The molecule has 5 heteroatoms. The van der Waals surface area contributed by atoms with E-state index in [9.17, 15) is 0 Å². The summed E-state index contributed by atoms with van der Waals surface area (Å²) in [7, 11) is 0. The van der Waals surface area contributed by atoms with Crippen LogP contribution < -0.4 is 5.73 Å². The van der Waals surface area contributed by atoms with Crippen molar-refractivity contribution in [2.45, 2.75) is 19.4 Å². The highest BCUT2D eigenvalue weighted by atomic mass is 35.5. The molecule has 0 unspecified atom stereocenters. The molecule has 0 spiro atoms. The molecule has 0 atom stereocenters. The van der Waals surface area contributed by atoms with E-state index in [0.717, 1.165) is 6.54 Å². The maximum atomic E-state index is 5.92. The van der Waals surface area contributed by atoms with Crippen molar-refractivity contribution in [3.05, 3.63) is 0 Å². The largest absolute Gasteiger partial charge is 0.324 e. The number of rotatable bonds is 2. The van der Waals surface area contributed by atoms with Gasteiger partial charge in [0.2, 0.25) is 0 Å². The summed E-state index contributed by atoms with van der Waals surface area (Å²) in [5.41, 5.74) is 5.89. The lowest BCUT2D eigenvalue weighted by Crippen LogP contribution is -2.47. The Hall–Kier alpha value is 0.850. The molecule has 1 aliphatic rings. The van der Waals surface area contributed by atoms with Crippen molar-refractivity contribution in [2.24, 2.45) is 5.73 Å². The van der Waals surface area contributed by atoms with Gasteiger partial charge in [0.15, 0.2) is 0 Å². The van der Waals surface area contributed by atoms with E-state index in [2.05, 4.69) is 18.7 Å². The third-order valence-electron chi connectivity index (χ3n) is 1.73. The maximum Gasteiger partial charge on any atom is 0.0226 e. The van der Waals surface area contributed by atoms with Gasteiger partial charge in [0.05, 0.1) is 0 Å². The highest BCUT2D eigenvalue weighted by Gasteiger charge is 2.18. The lowest BCUT2D eigenvalue weighted by Gasteiger charge is -2.32. The van der Waals surface area contributed by atoms with Crippen LogP contribution in [-0.4, -0.2) is 41.6 Å². The first kappa shape index (κ1) is 16.3. The molecule has 2 nitrogen and oxygen atoms in total. The summed E-state index contributed by atoms with van der Waals surface area (Å²) >= 11 is 2.04. The standard InChI is InChI=1S/C8H18N2S.2ClH/c1-8(2,9)7-10-3-5-11-6-4-10;;/h3-7,9H2,1-2H3;2*1H. The zero-order valence-electron chi connectivity index (χ0n) is 8.28. The highest BCUT2D eigenvalue weighted by Crippen LogP contribution is 2.11. The van der Waals surface area contributed by atoms with Crippen LogP contribution >= 0.6 is 36.6 Å². The van der Waals surface area contributed by atoms with Crippen LogP contribution in [0.25, 0.3) is 0 Å². The topological polar surface area (TPSA) is 29.3 Å². The van der Waals surface area contributed by atoms with Crippen LogP contribution in [0.3, 0.4) is 0 Å². The Morgan fingerprint density at radius 1 is 1.23 bits per heavy atom. The second-order valence-electron chi connectivity index (χ2n) is 3.88. The summed E-state index contributed by atoms with van der Waals surface area (Å²) in [5, 5.41) is 0. The number of hydrogen-bond donors (Lipinski definition) is 1. The minimum atomic E-state index is -0.0258. The third kappa shape index (κ3) is 7.89. The molecule has 0 amide bonds. The summed E-state index contributed by atoms with van der Waals surface area (Å²) in [6.45, 7) is 7.65. The van der Waals surface area contributed by atoms with Crippen LogP contribution in [0.4, 0.5) is 0 Å². The molecule has 2 N–H and O–H groups in total. The zero-order chi connectivity index (χ0) is 8.32. The van der Waals surface area contributed by atoms with E-state index in [4.69, 9.17) is 5.73 Å². The first-order valence-electron chi connectivity index (χ1n) is 4.17. The number of nitrogens with two attached hydrogens (primary N) is 1. The molecule has 0 bridgehead atoms. The molecule has 1 saturated heterocycles. The van der Waals surface area contributed by atoms with E-state index < -0.39 is 0 Å². The van der Waals surface area contributed by atoms with Crippen molar-refractivity contribution in [1.29, 1.82) is 0 Å². The molecule has 82 valence electrons. The molecular weight excluding hydrogens is 227 g/mol. The van der Waals surface area contributed by atoms with Gasteiger partial charge in [0.25, 0.3) is 0 Å². The Kier molecular flexibility index (Phi) is 9.00. The van der Waals surface area contributed by atoms with E-state index in [1.165, 1.54) is 24.6 Å². The van der Waals surface area contributed by atoms with Crippen LogP contribution in [0, 0.1) is 0 Å². The third-order valence-corrected chi connectivity index (χ3v) is 2.68. The molecule has 0 aromatic heterocycles. The van der Waals surface area contributed by atoms with Gasteiger partial charge in [-0.05, 0) is 13.8 Å². The van der Waals surface area contributed by atoms with Gasteiger partial charge < -0.3 is 5.73 Å². The molecule has 1 heterocycles. The van der Waals surface area contributed by atoms with Gasteiger partial charge in [-0.3, -0.25) is 4.90 Å². The van der Waals surface area contributed by atoms with Gasteiger partial charge in [0.1, 0.15) is 0 Å². The van der Waals surface area contributed by atoms with Gasteiger partial charge in [-0.2, -0.15) is 11.8 Å². The van der Waals surface area contributed by atoms with Gasteiger partial charge >= 0.3 is 0 Å². The summed E-state index contributed by atoms with van der Waals surface area (Å²) in [6, 6.07) is 0. The lowest BCUT2D eigenvalue weighted by atomic mass is 10.1. The first-order valence-corrected chi connectivity index (χ1v) is 5.32. The van der Waals surface area contributed by atoms with Crippen LogP contribution in [0.5, 0.6) is 0 Å². The summed E-state index contributed by atoms with van der Waals surface area (Å²) < 4.78 is 0. The molecular formula is C8H20Cl2N2S. The summed E-state index contributed by atoms with van der Waals surface area (Å²) in [5.74, 6) is 2.55. The Balaban J connectivity index is 0. The van der Waals surface area contributed by atoms with Crippen molar-refractivity contribution >= 4 is 36.6 Å². The zero-order valence-corrected chi connectivity index (χ0v) is 10.7. The second-order valence-corrected chi connectivity index (χ2v) is 5.10. The van der Waals surface area contributed by atoms with Crippen LogP contribution in [0.2, 0.25) is 0 Å². The summed E-state index contributed by atoms with van der Waals surface area (Å²) in [4.78, 5) is 2.45. The lowest BCUT2D eigenvalue weighted by molar-refractivity contribution is 0.246. The van der Waals surface area contributed by atoms with Crippen molar-refractivity contribution in [1.82, 2.24) is 4.90 Å². The van der Waals surface area contributed by atoms with Crippen molar-refractivity contribution in [2.75, 3.05) is 31.1 Å². The Labute approximate surface area is 97.8 Å². The van der Waals surface area contributed by atoms with E-state index >= 15 is 0 Å². The van der Waals surface area contributed by atoms with Gasteiger partial charge in [-0.1, -0.05) is 0 Å². The van der Waals surface area contributed by atoms with Gasteiger partial charge in [-0.25, -0.2) is 0 Å². The van der Waals surface area contributed by atoms with Crippen LogP contribution in [0.1, 0.15) is 13.8 Å². The fraction of sp³-hybridized carbons (Fsp3) is 1.00. The van der Waals surface area contributed by atoms with Crippen molar-refractivity contribution in [3.63, 3.8) is 0 Å². The fourth-order valence-corrected chi connectivity index (χ4v) is 2.31. The highest BCUT2D eigenvalue weighted by molar-refractivity contribution is 7.99. The molecule has 0 aliphatic carbocycles. The maximum absolute atomic E-state index is 5.92.